The van der Waals surface area contributed by atoms with Crippen LogP contribution in [0.15, 0.2) is 12.1 Å². The minimum atomic E-state index is 0.0396. The van der Waals surface area contributed by atoms with Crippen LogP contribution < -0.4 is 0 Å². The first kappa shape index (κ1) is 11.2. The lowest BCUT2D eigenvalue weighted by molar-refractivity contribution is 0.590. The summed E-state index contributed by atoms with van der Waals surface area (Å²) in [4.78, 5) is 0. The van der Waals surface area contributed by atoms with Gasteiger partial charge < -0.3 is 0 Å². The van der Waals surface area contributed by atoms with Crippen LogP contribution in [0, 0.1) is 0 Å². The first-order chi connectivity index (χ1) is 5.82. The van der Waals surface area contributed by atoms with Gasteiger partial charge in [-0.05, 0) is 23.1 Å². The molecular weight excluding hydrogens is 226 g/mol. The molecule has 13 heavy (non-hydrogen) atoms. The third-order valence-corrected chi connectivity index (χ3v) is 3.05. The molecule has 0 bridgehead atoms. The van der Waals surface area contributed by atoms with E-state index in [-0.39, 0.29) is 5.41 Å². The van der Waals surface area contributed by atoms with Crippen molar-refractivity contribution in [2.24, 2.45) is 0 Å². The van der Waals surface area contributed by atoms with E-state index in [4.69, 9.17) is 34.8 Å². The van der Waals surface area contributed by atoms with Gasteiger partial charge in [-0.1, -0.05) is 55.6 Å². The predicted octanol–water partition coefficient (Wildman–Crippen LogP) is 4.94. The van der Waals surface area contributed by atoms with Gasteiger partial charge in [0.05, 0.1) is 15.1 Å². The molecule has 0 unspecified atom stereocenters. The van der Waals surface area contributed by atoms with Gasteiger partial charge in [-0.2, -0.15) is 0 Å². The van der Waals surface area contributed by atoms with Crippen molar-refractivity contribution in [3.63, 3.8) is 0 Å². The largest absolute Gasteiger partial charge is 0.0826 e. The Bertz CT molecular complexity index is 300. The molecule has 0 aliphatic heterocycles. The molecule has 0 saturated heterocycles. The van der Waals surface area contributed by atoms with Crippen LogP contribution in [0.4, 0.5) is 0 Å². The summed E-state index contributed by atoms with van der Waals surface area (Å²) in [6.07, 6.45) is 0. The molecule has 0 saturated carbocycles. The van der Waals surface area contributed by atoms with Crippen molar-refractivity contribution < 1.29 is 0 Å². The molecule has 0 N–H and O–H groups in total. The van der Waals surface area contributed by atoms with Gasteiger partial charge in [0.2, 0.25) is 0 Å². The average molecular weight is 238 g/mol. The zero-order chi connectivity index (χ0) is 10.2. The van der Waals surface area contributed by atoms with E-state index in [0.717, 1.165) is 5.56 Å². The predicted molar refractivity (Wildman–Crippen MR) is 60.2 cm³/mol. The number of hydrogen-bond acceptors (Lipinski definition) is 0. The molecule has 1 aromatic carbocycles. The highest BCUT2D eigenvalue weighted by Crippen LogP contribution is 2.35. The Morgan fingerprint density at radius 2 is 1.31 bits per heavy atom. The minimum Gasteiger partial charge on any atom is -0.0826 e. The zero-order valence-corrected chi connectivity index (χ0v) is 10.1. The lowest BCUT2D eigenvalue weighted by Crippen LogP contribution is -2.10. The summed E-state index contributed by atoms with van der Waals surface area (Å²) in [5.41, 5.74) is 1.13. The number of benzene rings is 1. The normalized spacial score (nSPS) is 11.8. The van der Waals surface area contributed by atoms with Crippen molar-refractivity contribution >= 4 is 34.8 Å². The van der Waals surface area contributed by atoms with E-state index in [1.165, 1.54) is 0 Å². The van der Waals surface area contributed by atoms with Gasteiger partial charge in [-0.15, -0.1) is 0 Å². The number of rotatable bonds is 0. The summed E-state index contributed by atoms with van der Waals surface area (Å²) >= 11 is 17.7. The molecule has 1 rings (SSSR count). The van der Waals surface area contributed by atoms with Crippen LogP contribution in [0.3, 0.4) is 0 Å². The average Bonchev–Trinajstić information content (AvgIpc) is 1.97. The van der Waals surface area contributed by atoms with Crippen LogP contribution in [-0.2, 0) is 5.41 Å². The second-order valence-corrected chi connectivity index (χ2v) is 5.20. The first-order valence-electron chi connectivity index (χ1n) is 3.97. The quantitative estimate of drug-likeness (QED) is 0.561. The lowest BCUT2D eigenvalue weighted by atomic mass is 9.87. The van der Waals surface area contributed by atoms with E-state index in [1.807, 2.05) is 12.1 Å². The Morgan fingerprint density at radius 3 is 1.62 bits per heavy atom. The summed E-state index contributed by atoms with van der Waals surface area (Å²) < 4.78 is 0. The smallest absolute Gasteiger partial charge is 0.0778 e. The van der Waals surface area contributed by atoms with Gasteiger partial charge in [0.1, 0.15) is 0 Å². The maximum absolute atomic E-state index is 5.91. The molecule has 1 aromatic rings. The van der Waals surface area contributed by atoms with Gasteiger partial charge in [-0.25, -0.2) is 0 Å². The summed E-state index contributed by atoms with van der Waals surface area (Å²) in [5.74, 6) is 0. The monoisotopic (exact) mass is 236 g/mol. The molecule has 3 heteroatoms. The van der Waals surface area contributed by atoms with Crippen molar-refractivity contribution in [1.29, 1.82) is 0 Å². The topological polar surface area (TPSA) is 0 Å². The maximum atomic E-state index is 5.91. The van der Waals surface area contributed by atoms with Crippen LogP contribution in [0.5, 0.6) is 0 Å². The summed E-state index contributed by atoms with van der Waals surface area (Å²) in [6, 6.07) is 3.71. The van der Waals surface area contributed by atoms with Gasteiger partial charge in [0.15, 0.2) is 0 Å². The van der Waals surface area contributed by atoms with Gasteiger partial charge in [-0.3, -0.25) is 0 Å². The fourth-order valence-electron chi connectivity index (χ4n) is 0.989. The lowest BCUT2D eigenvalue weighted by Gasteiger charge is -2.19. The van der Waals surface area contributed by atoms with Crippen molar-refractivity contribution in [3.05, 3.63) is 32.8 Å². The van der Waals surface area contributed by atoms with Crippen LogP contribution in [-0.4, -0.2) is 0 Å². The van der Waals surface area contributed by atoms with Crippen molar-refractivity contribution in [2.75, 3.05) is 0 Å². The molecule has 0 heterocycles. The molecular formula is C10H11Cl3. The van der Waals surface area contributed by atoms with Gasteiger partial charge in [0.25, 0.3) is 0 Å². The van der Waals surface area contributed by atoms with E-state index in [0.29, 0.717) is 15.1 Å². The van der Waals surface area contributed by atoms with E-state index < -0.39 is 0 Å². The van der Waals surface area contributed by atoms with Crippen LogP contribution in [0.25, 0.3) is 0 Å². The highest BCUT2D eigenvalue weighted by molar-refractivity contribution is 6.48. The zero-order valence-electron chi connectivity index (χ0n) is 7.79. The standard InChI is InChI=1S/C10H11Cl3/c1-10(2,3)6-4-7(11)9(13)8(12)5-6/h4-5H,1-3H3. The minimum absolute atomic E-state index is 0.0396. The van der Waals surface area contributed by atoms with Gasteiger partial charge >= 0.3 is 0 Å². The molecule has 72 valence electrons. The fraction of sp³-hybridized carbons (Fsp3) is 0.400. The highest BCUT2D eigenvalue weighted by atomic mass is 35.5. The summed E-state index contributed by atoms with van der Waals surface area (Å²) in [5, 5.41) is 1.45. The van der Waals surface area contributed by atoms with Crippen LogP contribution in [0.1, 0.15) is 26.3 Å². The third-order valence-electron chi connectivity index (χ3n) is 1.85. The third kappa shape index (κ3) is 2.52. The first-order valence-corrected chi connectivity index (χ1v) is 5.11. The summed E-state index contributed by atoms with van der Waals surface area (Å²) in [7, 11) is 0. The summed E-state index contributed by atoms with van der Waals surface area (Å²) in [6.45, 7) is 6.30. The van der Waals surface area contributed by atoms with E-state index >= 15 is 0 Å². The Balaban J connectivity index is 3.29. The molecule has 0 amide bonds. The van der Waals surface area contributed by atoms with E-state index in [9.17, 15) is 0 Å². The molecule has 0 fully saturated rings. The molecule has 0 aliphatic rings. The molecule has 0 spiro atoms. The second-order valence-electron chi connectivity index (χ2n) is 4.00. The second kappa shape index (κ2) is 3.68. The highest BCUT2D eigenvalue weighted by Gasteiger charge is 2.16. The van der Waals surface area contributed by atoms with Crippen LogP contribution in [0.2, 0.25) is 15.1 Å². The Kier molecular flexibility index (Phi) is 3.16. The van der Waals surface area contributed by atoms with Crippen molar-refractivity contribution in [1.82, 2.24) is 0 Å². The van der Waals surface area contributed by atoms with E-state index in [1.54, 1.807) is 0 Å². The molecule has 0 radical (unpaired) electrons. The number of hydrogen-bond donors (Lipinski definition) is 0. The Hall–Kier alpha value is 0.0900. The SMILES string of the molecule is CC(C)(C)c1cc(Cl)c(Cl)c(Cl)c1. The van der Waals surface area contributed by atoms with Crippen molar-refractivity contribution in [2.45, 2.75) is 26.2 Å². The van der Waals surface area contributed by atoms with E-state index in [2.05, 4.69) is 20.8 Å². The molecule has 0 aromatic heterocycles. The Morgan fingerprint density at radius 1 is 0.923 bits per heavy atom. The van der Waals surface area contributed by atoms with Gasteiger partial charge in [0, 0.05) is 0 Å². The fourth-order valence-corrected chi connectivity index (χ4v) is 1.58. The van der Waals surface area contributed by atoms with Crippen LogP contribution >= 0.6 is 34.8 Å². The Labute approximate surface area is 93.8 Å². The molecule has 0 nitrogen and oxygen atoms in total. The maximum Gasteiger partial charge on any atom is 0.0778 e. The molecule has 0 aliphatic carbocycles. The van der Waals surface area contributed by atoms with Crippen molar-refractivity contribution in [3.8, 4) is 0 Å². The number of halogens is 3. The molecule has 0 atom stereocenters.